The van der Waals surface area contributed by atoms with Crippen LogP contribution < -0.4 is 0 Å². The van der Waals surface area contributed by atoms with Crippen LogP contribution in [0.4, 0.5) is 22.0 Å². The van der Waals surface area contributed by atoms with E-state index in [1.165, 1.54) is 0 Å². The summed E-state index contributed by atoms with van der Waals surface area (Å²) in [6.45, 7) is 2.05. The van der Waals surface area contributed by atoms with Gasteiger partial charge in [-0.2, -0.15) is 22.0 Å². The standard InChI is InChI=1S/C18H22F5N3O2/c1-2-28-16(27)7-3-5-13-8-10-14(11-9-13)15(25-26-24)6-4-12-17(19,20)18(21,22)23/h8-11,15H,2-7,12H2,1H3/t15-/m1/s1. The van der Waals surface area contributed by atoms with Gasteiger partial charge in [0.1, 0.15) is 0 Å². The van der Waals surface area contributed by atoms with Gasteiger partial charge in [-0.15, -0.1) is 0 Å². The Labute approximate surface area is 159 Å². The number of halogens is 5. The molecule has 0 aliphatic carbocycles. The number of rotatable bonds is 11. The van der Waals surface area contributed by atoms with Crippen molar-refractivity contribution in [3.05, 3.63) is 45.8 Å². The van der Waals surface area contributed by atoms with Crippen molar-refractivity contribution >= 4 is 5.97 Å². The van der Waals surface area contributed by atoms with Crippen LogP contribution in [-0.4, -0.2) is 24.7 Å². The highest BCUT2D eigenvalue weighted by atomic mass is 19.4. The molecule has 0 N–H and O–H groups in total. The van der Waals surface area contributed by atoms with Crippen LogP contribution in [0.1, 0.15) is 56.2 Å². The van der Waals surface area contributed by atoms with Crippen molar-refractivity contribution in [3.63, 3.8) is 0 Å². The Morgan fingerprint density at radius 2 is 1.82 bits per heavy atom. The number of alkyl halides is 5. The number of carbonyl (C=O) groups excluding carboxylic acids is 1. The van der Waals surface area contributed by atoms with E-state index in [0.29, 0.717) is 25.0 Å². The molecular weight excluding hydrogens is 385 g/mol. The summed E-state index contributed by atoms with van der Waals surface area (Å²) in [4.78, 5) is 13.9. The van der Waals surface area contributed by atoms with E-state index in [-0.39, 0.29) is 18.8 Å². The number of carbonyl (C=O) groups is 1. The summed E-state index contributed by atoms with van der Waals surface area (Å²) in [7, 11) is 0. The molecule has 0 aliphatic rings. The van der Waals surface area contributed by atoms with Gasteiger partial charge in [0.2, 0.25) is 0 Å². The molecule has 0 radical (unpaired) electrons. The Kier molecular flexibility index (Phi) is 9.18. The first-order valence-electron chi connectivity index (χ1n) is 8.84. The summed E-state index contributed by atoms with van der Waals surface area (Å²) < 4.78 is 67.4. The van der Waals surface area contributed by atoms with Crippen LogP contribution in [-0.2, 0) is 16.0 Å². The van der Waals surface area contributed by atoms with E-state index < -0.39 is 31.0 Å². The van der Waals surface area contributed by atoms with Crippen molar-refractivity contribution in [1.82, 2.24) is 0 Å². The maximum atomic E-state index is 13.0. The van der Waals surface area contributed by atoms with Crippen LogP contribution in [0.2, 0.25) is 0 Å². The second-order valence-electron chi connectivity index (χ2n) is 6.22. The maximum Gasteiger partial charge on any atom is 0.453 e. The zero-order chi connectivity index (χ0) is 21.2. The van der Waals surface area contributed by atoms with Gasteiger partial charge in [0.25, 0.3) is 0 Å². The fourth-order valence-corrected chi connectivity index (χ4v) is 2.59. The average Bonchev–Trinajstić information content (AvgIpc) is 2.61. The van der Waals surface area contributed by atoms with E-state index in [1.807, 2.05) is 0 Å². The van der Waals surface area contributed by atoms with E-state index in [9.17, 15) is 26.7 Å². The number of aryl methyl sites for hydroxylation is 1. The lowest BCUT2D eigenvalue weighted by Crippen LogP contribution is -2.36. The van der Waals surface area contributed by atoms with E-state index in [1.54, 1.807) is 31.2 Å². The normalized spacial score (nSPS) is 12.9. The third-order valence-corrected chi connectivity index (χ3v) is 4.09. The molecule has 0 unspecified atom stereocenters. The van der Waals surface area contributed by atoms with Crippen molar-refractivity contribution in [2.75, 3.05) is 6.61 Å². The zero-order valence-corrected chi connectivity index (χ0v) is 15.4. The molecule has 0 fully saturated rings. The molecule has 0 saturated carbocycles. The lowest BCUT2D eigenvalue weighted by Gasteiger charge is -2.20. The number of nitrogens with zero attached hydrogens (tertiary/aromatic N) is 3. The minimum atomic E-state index is -5.59. The largest absolute Gasteiger partial charge is 0.466 e. The third-order valence-electron chi connectivity index (χ3n) is 4.09. The Balaban J connectivity index is 2.61. The van der Waals surface area contributed by atoms with Crippen molar-refractivity contribution in [1.29, 1.82) is 0 Å². The number of esters is 1. The second-order valence-corrected chi connectivity index (χ2v) is 6.22. The molecule has 10 heteroatoms. The van der Waals surface area contributed by atoms with Crippen LogP contribution in [0.3, 0.4) is 0 Å². The van der Waals surface area contributed by atoms with Gasteiger partial charge in [0, 0.05) is 17.8 Å². The van der Waals surface area contributed by atoms with Crippen LogP contribution >= 0.6 is 0 Å². The monoisotopic (exact) mass is 407 g/mol. The predicted octanol–water partition coefficient (Wildman–Crippen LogP) is 6.29. The molecule has 1 atom stereocenters. The minimum absolute atomic E-state index is 0.127. The molecule has 0 aliphatic heterocycles. The summed E-state index contributed by atoms with van der Waals surface area (Å²) in [6, 6.07) is 5.93. The first-order valence-corrected chi connectivity index (χ1v) is 8.84. The quantitative estimate of drug-likeness (QED) is 0.142. The molecule has 1 aromatic rings. The molecule has 1 rings (SSSR count). The SMILES string of the molecule is CCOC(=O)CCCc1ccc([C@@H](CCCC(F)(F)C(F)(F)F)N=[N+]=[N-])cc1. The number of ether oxygens (including phenoxy) is 1. The van der Waals surface area contributed by atoms with Crippen LogP contribution in [0.5, 0.6) is 0 Å². The lowest BCUT2D eigenvalue weighted by molar-refractivity contribution is -0.284. The molecule has 0 aromatic heterocycles. The van der Waals surface area contributed by atoms with Gasteiger partial charge >= 0.3 is 18.1 Å². The van der Waals surface area contributed by atoms with E-state index in [0.717, 1.165) is 5.56 Å². The summed E-state index contributed by atoms with van der Waals surface area (Å²) in [5, 5.41) is 3.50. The molecule has 156 valence electrons. The first kappa shape index (κ1) is 23.7. The zero-order valence-electron chi connectivity index (χ0n) is 15.4. The number of hydrogen-bond donors (Lipinski definition) is 0. The van der Waals surface area contributed by atoms with E-state index >= 15 is 0 Å². The summed E-state index contributed by atoms with van der Waals surface area (Å²) >= 11 is 0. The van der Waals surface area contributed by atoms with Crippen LogP contribution in [0, 0.1) is 0 Å². The topological polar surface area (TPSA) is 75.1 Å². The maximum absolute atomic E-state index is 13.0. The summed E-state index contributed by atoms with van der Waals surface area (Å²) in [6.07, 6.45) is -6.04. The van der Waals surface area contributed by atoms with Gasteiger partial charge in [0.15, 0.2) is 0 Å². The number of azide groups is 1. The van der Waals surface area contributed by atoms with Crippen molar-refractivity contribution in [2.45, 2.75) is 63.6 Å². The molecule has 0 heterocycles. The predicted molar refractivity (Wildman–Crippen MR) is 92.8 cm³/mol. The number of hydrogen-bond acceptors (Lipinski definition) is 3. The van der Waals surface area contributed by atoms with Gasteiger partial charge in [-0.1, -0.05) is 29.4 Å². The molecular formula is C18H22F5N3O2. The van der Waals surface area contributed by atoms with Gasteiger partial charge in [-0.05, 0) is 49.3 Å². The van der Waals surface area contributed by atoms with Crippen molar-refractivity contribution in [3.8, 4) is 0 Å². The van der Waals surface area contributed by atoms with Crippen molar-refractivity contribution < 1.29 is 31.5 Å². The highest BCUT2D eigenvalue weighted by molar-refractivity contribution is 5.69. The van der Waals surface area contributed by atoms with Gasteiger partial charge in [-0.25, -0.2) is 0 Å². The molecule has 5 nitrogen and oxygen atoms in total. The first-order chi connectivity index (χ1) is 13.1. The molecule has 0 bridgehead atoms. The van der Waals surface area contributed by atoms with Crippen molar-refractivity contribution in [2.24, 2.45) is 5.11 Å². The third kappa shape index (κ3) is 7.72. The Morgan fingerprint density at radius 3 is 2.36 bits per heavy atom. The molecule has 1 aromatic carbocycles. The lowest BCUT2D eigenvalue weighted by atomic mass is 9.98. The molecule has 28 heavy (non-hydrogen) atoms. The van der Waals surface area contributed by atoms with Gasteiger partial charge in [-0.3, -0.25) is 4.79 Å². The highest BCUT2D eigenvalue weighted by Gasteiger charge is 2.56. The molecule has 0 saturated heterocycles. The second kappa shape index (κ2) is 10.8. The fourth-order valence-electron chi connectivity index (χ4n) is 2.59. The Hall–Kier alpha value is -2.35. The Morgan fingerprint density at radius 1 is 1.18 bits per heavy atom. The minimum Gasteiger partial charge on any atom is -0.466 e. The molecule has 0 amide bonds. The smallest absolute Gasteiger partial charge is 0.453 e. The highest BCUT2D eigenvalue weighted by Crippen LogP contribution is 2.40. The van der Waals surface area contributed by atoms with E-state index in [4.69, 9.17) is 10.3 Å². The molecule has 0 spiro atoms. The van der Waals surface area contributed by atoms with Crippen LogP contribution in [0.15, 0.2) is 29.4 Å². The van der Waals surface area contributed by atoms with E-state index in [2.05, 4.69) is 10.0 Å². The van der Waals surface area contributed by atoms with Crippen LogP contribution in [0.25, 0.3) is 10.4 Å². The van der Waals surface area contributed by atoms with Gasteiger partial charge in [0.05, 0.1) is 12.6 Å². The summed E-state index contributed by atoms with van der Waals surface area (Å²) in [5.41, 5.74) is 10.1. The Bertz CT molecular complexity index is 671. The fraction of sp³-hybridized carbons (Fsp3) is 0.611. The van der Waals surface area contributed by atoms with Gasteiger partial charge < -0.3 is 4.74 Å². The summed E-state index contributed by atoms with van der Waals surface area (Å²) in [5.74, 6) is -5.05. The number of benzene rings is 1. The average molecular weight is 407 g/mol.